The zero-order valence-corrected chi connectivity index (χ0v) is 14.7. The molecule has 5 nitrogen and oxygen atoms in total. The van der Waals surface area contributed by atoms with E-state index in [1.807, 2.05) is 26.8 Å². The largest absolute Gasteiger partial charge is 0.505 e. The van der Waals surface area contributed by atoms with Crippen molar-refractivity contribution in [3.8, 4) is 5.75 Å². The summed E-state index contributed by atoms with van der Waals surface area (Å²) in [6.45, 7) is 6.13. The first-order valence-corrected chi connectivity index (χ1v) is 7.80. The molecule has 120 valence electrons. The number of halogens is 1. The summed E-state index contributed by atoms with van der Waals surface area (Å²) in [6, 6.07) is 8.05. The standard InChI is InChI=1S/C17H17BrN2O3/c1-17(2,3)14-10-12(15(21)16(18)19-14)7-4-11-5-8-13(9-6-11)20(22)23/h4-10,21H,1-3H3/b7-4+. The van der Waals surface area contributed by atoms with Gasteiger partial charge in [0.15, 0.2) is 5.75 Å². The van der Waals surface area contributed by atoms with Crippen LogP contribution in [0.5, 0.6) is 5.75 Å². The second kappa shape index (κ2) is 6.50. The summed E-state index contributed by atoms with van der Waals surface area (Å²) in [5, 5.41) is 20.8. The molecule has 1 aromatic heterocycles. The van der Waals surface area contributed by atoms with Crippen molar-refractivity contribution in [3.63, 3.8) is 0 Å². The van der Waals surface area contributed by atoms with E-state index in [4.69, 9.17) is 0 Å². The number of hydrogen-bond donors (Lipinski definition) is 1. The molecular formula is C17H17BrN2O3. The van der Waals surface area contributed by atoms with E-state index in [2.05, 4.69) is 20.9 Å². The Labute approximate surface area is 143 Å². The topological polar surface area (TPSA) is 76.3 Å². The molecule has 0 aliphatic heterocycles. The van der Waals surface area contributed by atoms with Crippen LogP contribution in [-0.2, 0) is 5.41 Å². The van der Waals surface area contributed by atoms with E-state index in [0.717, 1.165) is 11.3 Å². The fraction of sp³-hybridized carbons (Fsp3) is 0.235. The first-order chi connectivity index (χ1) is 10.7. The van der Waals surface area contributed by atoms with Gasteiger partial charge in [0, 0.05) is 28.8 Å². The van der Waals surface area contributed by atoms with Crippen molar-refractivity contribution in [3.05, 3.63) is 61.9 Å². The molecule has 1 N–H and O–H groups in total. The van der Waals surface area contributed by atoms with Gasteiger partial charge in [0.1, 0.15) is 4.60 Å². The highest BCUT2D eigenvalue weighted by Gasteiger charge is 2.18. The van der Waals surface area contributed by atoms with Crippen molar-refractivity contribution in [1.29, 1.82) is 0 Å². The minimum absolute atomic E-state index is 0.0478. The summed E-state index contributed by atoms with van der Waals surface area (Å²) in [6.07, 6.45) is 3.55. The maximum atomic E-state index is 10.6. The normalized spacial score (nSPS) is 11.8. The van der Waals surface area contributed by atoms with Crippen molar-refractivity contribution in [1.82, 2.24) is 4.98 Å². The molecule has 0 amide bonds. The molecule has 0 aliphatic carbocycles. The lowest BCUT2D eigenvalue weighted by Gasteiger charge is -2.19. The van der Waals surface area contributed by atoms with Crippen molar-refractivity contribution in [2.45, 2.75) is 26.2 Å². The van der Waals surface area contributed by atoms with Crippen LogP contribution in [0.25, 0.3) is 12.2 Å². The van der Waals surface area contributed by atoms with Crippen molar-refractivity contribution >= 4 is 33.8 Å². The molecule has 2 rings (SSSR count). The van der Waals surface area contributed by atoms with Crippen LogP contribution in [0.2, 0.25) is 0 Å². The van der Waals surface area contributed by atoms with E-state index in [9.17, 15) is 15.2 Å². The highest BCUT2D eigenvalue weighted by atomic mass is 79.9. The Bertz CT molecular complexity index is 763. The Kier molecular flexibility index (Phi) is 4.85. The molecule has 1 aromatic carbocycles. The summed E-state index contributed by atoms with van der Waals surface area (Å²) >= 11 is 3.27. The maximum Gasteiger partial charge on any atom is 0.269 e. The van der Waals surface area contributed by atoms with Gasteiger partial charge in [-0.15, -0.1) is 0 Å². The number of nitro groups is 1. The van der Waals surface area contributed by atoms with E-state index in [-0.39, 0.29) is 16.9 Å². The van der Waals surface area contributed by atoms with E-state index in [0.29, 0.717) is 10.2 Å². The molecule has 0 atom stereocenters. The smallest absolute Gasteiger partial charge is 0.269 e. The average Bonchev–Trinajstić information content (AvgIpc) is 2.48. The summed E-state index contributed by atoms with van der Waals surface area (Å²) in [4.78, 5) is 14.6. The highest BCUT2D eigenvalue weighted by molar-refractivity contribution is 9.10. The summed E-state index contributed by atoms with van der Waals surface area (Å²) < 4.78 is 0.397. The molecule has 0 unspecified atom stereocenters. The van der Waals surface area contributed by atoms with Crippen molar-refractivity contribution < 1.29 is 10.0 Å². The fourth-order valence-electron chi connectivity index (χ4n) is 1.93. The molecule has 6 heteroatoms. The zero-order chi connectivity index (χ0) is 17.2. The van der Waals surface area contributed by atoms with Gasteiger partial charge in [-0.3, -0.25) is 10.1 Å². The van der Waals surface area contributed by atoms with E-state index < -0.39 is 4.92 Å². The van der Waals surface area contributed by atoms with Crippen LogP contribution in [0.3, 0.4) is 0 Å². The van der Waals surface area contributed by atoms with Crippen LogP contribution >= 0.6 is 15.9 Å². The number of benzene rings is 1. The number of nitrogens with zero attached hydrogens (tertiary/aromatic N) is 2. The van der Waals surface area contributed by atoms with Crippen LogP contribution in [-0.4, -0.2) is 15.0 Å². The Morgan fingerprint density at radius 1 is 1.22 bits per heavy atom. The number of aromatic nitrogens is 1. The number of nitro benzene ring substituents is 1. The molecular weight excluding hydrogens is 360 g/mol. The fourth-order valence-corrected chi connectivity index (χ4v) is 2.35. The summed E-state index contributed by atoms with van der Waals surface area (Å²) in [5.41, 5.74) is 2.19. The number of rotatable bonds is 3. The van der Waals surface area contributed by atoms with Gasteiger partial charge in [-0.1, -0.05) is 32.9 Å². The lowest BCUT2D eigenvalue weighted by Crippen LogP contribution is -2.13. The van der Waals surface area contributed by atoms with Gasteiger partial charge in [-0.25, -0.2) is 4.98 Å². The molecule has 1 heterocycles. The van der Waals surface area contributed by atoms with Crippen LogP contribution in [0.4, 0.5) is 5.69 Å². The molecule has 0 spiro atoms. The Hall–Kier alpha value is -2.21. The number of pyridine rings is 1. The lowest BCUT2D eigenvalue weighted by atomic mass is 9.90. The first kappa shape index (κ1) is 17.1. The zero-order valence-electron chi connectivity index (χ0n) is 13.1. The molecule has 0 saturated carbocycles. The van der Waals surface area contributed by atoms with Gasteiger partial charge in [0.2, 0.25) is 0 Å². The predicted molar refractivity (Wildman–Crippen MR) is 94.3 cm³/mol. The molecule has 0 fully saturated rings. The Balaban J connectivity index is 2.35. The van der Waals surface area contributed by atoms with Gasteiger partial charge >= 0.3 is 0 Å². The third kappa shape index (κ3) is 4.16. The summed E-state index contributed by atoms with van der Waals surface area (Å²) in [7, 11) is 0. The molecule has 23 heavy (non-hydrogen) atoms. The van der Waals surface area contributed by atoms with Gasteiger partial charge in [-0.2, -0.15) is 0 Å². The number of hydrogen-bond acceptors (Lipinski definition) is 4. The number of non-ortho nitro benzene ring substituents is 1. The molecule has 0 radical (unpaired) electrons. The monoisotopic (exact) mass is 376 g/mol. The molecule has 2 aromatic rings. The predicted octanol–water partition coefficient (Wildman–Crippen LogP) is 4.93. The van der Waals surface area contributed by atoms with E-state index in [1.54, 1.807) is 24.3 Å². The second-order valence-corrected chi connectivity index (χ2v) is 6.92. The van der Waals surface area contributed by atoms with Crippen LogP contribution in [0, 0.1) is 10.1 Å². The molecule has 0 saturated heterocycles. The Morgan fingerprint density at radius 2 is 1.83 bits per heavy atom. The van der Waals surface area contributed by atoms with E-state index in [1.165, 1.54) is 12.1 Å². The van der Waals surface area contributed by atoms with Gasteiger partial charge in [0.25, 0.3) is 5.69 Å². The van der Waals surface area contributed by atoms with Gasteiger partial charge in [0.05, 0.1) is 4.92 Å². The molecule has 0 aliphatic rings. The lowest BCUT2D eigenvalue weighted by molar-refractivity contribution is -0.384. The Morgan fingerprint density at radius 3 is 2.35 bits per heavy atom. The minimum atomic E-state index is -0.436. The third-order valence-electron chi connectivity index (χ3n) is 3.31. The SMILES string of the molecule is CC(C)(C)c1cc(/C=C/c2ccc([N+](=O)[O-])cc2)c(O)c(Br)n1. The maximum absolute atomic E-state index is 10.6. The first-order valence-electron chi connectivity index (χ1n) is 7.01. The summed E-state index contributed by atoms with van der Waals surface area (Å²) in [5.74, 6) is 0.0659. The van der Waals surface area contributed by atoms with Crippen molar-refractivity contribution in [2.24, 2.45) is 0 Å². The third-order valence-corrected chi connectivity index (χ3v) is 3.86. The van der Waals surface area contributed by atoms with Crippen LogP contribution in [0.1, 0.15) is 37.6 Å². The van der Waals surface area contributed by atoms with Crippen LogP contribution in [0.15, 0.2) is 34.9 Å². The molecule has 0 bridgehead atoms. The second-order valence-electron chi connectivity index (χ2n) is 6.17. The highest BCUT2D eigenvalue weighted by Crippen LogP contribution is 2.32. The quantitative estimate of drug-likeness (QED) is 0.468. The van der Waals surface area contributed by atoms with Gasteiger partial charge < -0.3 is 5.11 Å². The average molecular weight is 377 g/mol. The van der Waals surface area contributed by atoms with E-state index >= 15 is 0 Å². The van der Waals surface area contributed by atoms with Gasteiger partial charge in [-0.05, 0) is 39.7 Å². The van der Waals surface area contributed by atoms with Crippen LogP contribution < -0.4 is 0 Å². The number of aromatic hydroxyl groups is 1. The van der Waals surface area contributed by atoms with Crippen molar-refractivity contribution in [2.75, 3.05) is 0 Å². The minimum Gasteiger partial charge on any atom is -0.505 e.